The van der Waals surface area contributed by atoms with E-state index < -0.39 is 0 Å². The van der Waals surface area contributed by atoms with Crippen molar-refractivity contribution < 1.29 is 23.8 Å². The maximum absolute atomic E-state index is 11.1. The van der Waals surface area contributed by atoms with E-state index >= 15 is 0 Å². The molecular formula is C19H38O5. The van der Waals surface area contributed by atoms with Crippen molar-refractivity contribution in [3.63, 3.8) is 0 Å². The third-order valence-corrected chi connectivity index (χ3v) is 2.91. The monoisotopic (exact) mass is 346 g/mol. The van der Waals surface area contributed by atoms with E-state index in [0.717, 1.165) is 6.61 Å². The predicted molar refractivity (Wildman–Crippen MR) is 97.3 cm³/mol. The Bertz CT molecular complexity index is 322. The minimum atomic E-state index is 0.0617. The van der Waals surface area contributed by atoms with Crippen molar-refractivity contribution >= 4 is 11.6 Å². The van der Waals surface area contributed by atoms with Gasteiger partial charge in [-0.15, -0.1) is 0 Å². The summed E-state index contributed by atoms with van der Waals surface area (Å²) in [7, 11) is 0. The lowest BCUT2D eigenvalue weighted by Crippen LogP contribution is -2.17. The van der Waals surface area contributed by atoms with Gasteiger partial charge >= 0.3 is 0 Å². The summed E-state index contributed by atoms with van der Waals surface area (Å²) in [5.74, 6) is 1.03. The van der Waals surface area contributed by atoms with Crippen LogP contribution in [0.2, 0.25) is 0 Å². The lowest BCUT2D eigenvalue weighted by atomic mass is 10.1. The van der Waals surface area contributed by atoms with Crippen LogP contribution in [0.1, 0.15) is 55.4 Å². The quantitative estimate of drug-likeness (QED) is 0.506. The summed E-state index contributed by atoms with van der Waals surface area (Å²) >= 11 is 0. The molecule has 0 radical (unpaired) electrons. The van der Waals surface area contributed by atoms with Crippen molar-refractivity contribution in [1.82, 2.24) is 0 Å². The van der Waals surface area contributed by atoms with Gasteiger partial charge in [0.2, 0.25) is 0 Å². The Morgan fingerprint density at radius 2 is 1.17 bits per heavy atom. The van der Waals surface area contributed by atoms with Gasteiger partial charge in [0.15, 0.2) is 11.6 Å². The van der Waals surface area contributed by atoms with Crippen molar-refractivity contribution in [3.05, 3.63) is 0 Å². The van der Waals surface area contributed by atoms with Crippen molar-refractivity contribution in [2.75, 3.05) is 33.0 Å². The summed E-state index contributed by atoms with van der Waals surface area (Å²) in [6.45, 7) is 17.9. The molecule has 0 aromatic carbocycles. The molecule has 5 heteroatoms. The summed E-state index contributed by atoms with van der Waals surface area (Å²) in [6, 6.07) is 0. The van der Waals surface area contributed by atoms with Crippen LogP contribution in [-0.4, -0.2) is 50.7 Å². The second-order valence-electron chi connectivity index (χ2n) is 7.12. The molecule has 0 atom stereocenters. The Labute approximate surface area is 148 Å². The molecular weight excluding hydrogens is 308 g/mol. The first-order valence-corrected chi connectivity index (χ1v) is 8.90. The Morgan fingerprint density at radius 1 is 0.708 bits per heavy atom. The van der Waals surface area contributed by atoms with Crippen molar-refractivity contribution in [2.24, 2.45) is 17.8 Å². The first-order chi connectivity index (χ1) is 11.1. The Hall–Kier alpha value is -0.780. The molecule has 0 heterocycles. The van der Waals surface area contributed by atoms with Crippen LogP contribution >= 0.6 is 0 Å². The maximum Gasteiger partial charge on any atom is 0.160 e. The highest BCUT2D eigenvalue weighted by Crippen LogP contribution is 1.97. The number of hydrogen-bond donors (Lipinski definition) is 0. The SMILES string of the molecule is CC(C)COCCOCC(=O)C(C)C.CC(C)OCC(=O)C(C)C. The summed E-state index contributed by atoms with van der Waals surface area (Å²) in [5, 5.41) is 0. The maximum atomic E-state index is 11.1. The summed E-state index contributed by atoms with van der Waals surface area (Å²) in [5.41, 5.74) is 0. The van der Waals surface area contributed by atoms with Crippen LogP contribution in [0.5, 0.6) is 0 Å². The van der Waals surface area contributed by atoms with Gasteiger partial charge in [-0.1, -0.05) is 41.5 Å². The number of hydrogen-bond acceptors (Lipinski definition) is 5. The van der Waals surface area contributed by atoms with Crippen LogP contribution in [0, 0.1) is 17.8 Å². The summed E-state index contributed by atoms with van der Waals surface area (Å²) < 4.78 is 15.6. The lowest BCUT2D eigenvalue weighted by Gasteiger charge is -2.08. The van der Waals surface area contributed by atoms with Crippen LogP contribution in [0.3, 0.4) is 0 Å². The molecule has 0 amide bonds. The van der Waals surface area contributed by atoms with Crippen LogP contribution in [0.4, 0.5) is 0 Å². The fraction of sp³-hybridized carbons (Fsp3) is 0.895. The molecule has 5 nitrogen and oxygen atoms in total. The van der Waals surface area contributed by atoms with Gasteiger partial charge in [-0.2, -0.15) is 0 Å². The lowest BCUT2D eigenvalue weighted by molar-refractivity contribution is -0.128. The summed E-state index contributed by atoms with van der Waals surface area (Å²) in [4.78, 5) is 22.0. The summed E-state index contributed by atoms with van der Waals surface area (Å²) in [6.07, 6.45) is 0.155. The van der Waals surface area contributed by atoms with Crippen LogP contribution in [0.25, 0.3) is 0 Å². The number of ketones is 2. The van der Waals surface area contributed by atoms with Crippen molar-refractivity contribution in [1.29, 1.82) is 0 Å². The molecule has 0 bridgehead atoms. The molecule has 0 saturated carbocycles. The predicted octanol–water partition coefficient (Wildman–Crippen LogP) is 3.54. The van der Waals surface area contributed by atoms with E-state index in [4.69, 9.17) is 14.2 Å². The molecule has 0 aromatic heterocycles. The first-order valence-electron chi connectivity index (χ1n) is 8.90. The molecule has 0 N–H and O–H groups in total. The zero-order valence-corrected chi connectivity index (χ0v) is 16.9. The normalized spacial score (nSPS) is 11.2. The molecule has 0 rings (SSSR count). The number of rotatable bonds is 12. The average molecular weight is 347 g/mol. The fourth-order valence-corrected chi connectivity index (χ4v) is 1.19. The van der Waals surface area contributed by atoms with Gasteiger partial charge in [0.05, 0.1) is 19.3 Å². The number of carbonyl (C=O) groups is 2. The van der Waals surface area contributed by atoms with E-state index in [2.05, 4.69) is 13.8 Å². The number of Topliss-reactive ketones (excluding diaryl/α,β-unsaturated/α-hetero) is 2. The van der Waals surface area contributed by atoms with E-state index in [1.807, 2.05) is 41.5 Å². The standard InChI is InChI=1S/C11H22O3.C8H16O2/c1-9(2)7-13-5-6-14-8-11(12)10(3)4;1-6(2)8(9)5-10-7(3)4/h9-10H,5-8H2,1-4H3;6-7H,5H2,1-4H3. The molecule has 24 heavy (non-hydrogen) atoms. The second-order valence-corrected chi connectivity index (χ2v) is 7.12. The number of carbonyl (C=O) groups excluding carboxylic acids is 2. The molecule has 0 aromatic rings. The highest BCUT2D eigenvalue weighted by Gasteiger charge is 2.07. The van der Waals surface area contributed by atoms with Gasteiger partial charge in [0.25, 0.3) is 0 Å². The van der Waals surface area contributed by atoms with Crippen molar-refractivity contribution in [2.45, 2.75) is 61.5 Å². The van der Waals surface area contributed by atoms with Crippen LogP contribution in [-0.2, 0) is 23.8 Å². The van der Waals surface area contributed by atoms with Gasteiger partial charge < -0.3 is 14.2 Å². The van der Waals surface area contributed by atoms with Gasteiger partial charge in [-0.25, -0.2) is 0 Å². The minimum absolute atomic E-state index is 0.0617. The van der Waals surface area contributed by atoms with Crippen LogP contribution in [0.15, 0.2) is 0 Å². The van der Waals surface area contributed by atoms with E-state index in [-0.39, 0.29) is 42.7 Å². The molecule has 0 spiro atoms. The second kappa shape index (κ2) is 15.7. The molecule has 0 aliphatic heterocycles. The van der Waals surface area contributed by atoms with E-state index in [1.165, 1.54) is 0 Å². The largest absolute Gasteiger partial charge is 0.379 e. The smallest absolute Gasteiger partial charge is 0.160 e. The fourth-order valence-electron chi connectivity index (χ4n) is 1.19. The Morgan fingerprint density at radius 3 is 1.58 bits per heavy atom. The molecule has 0 unspecified atom stereocenters. The third-order valence-electron chi connectivity index (χ3n) is 2.91. The molecule has 144 valence electrons. The molecule has 0 saturated heterocycles. The van der Waals surface area contributed by atoms with Gasteiger partial charge in [-0.05, 0) is 19.8 Å². The highest BCUT2D eigenvalue weighted by molar-refractivity contribution is 5.81. The zero-order valence-electron chi connectivity index (χ0n) is 16.9. The van der Waals surface area contributed by atoms with Crippen molar-refractivity contribution in [3.8, 4) is 0 Å². The van der Waals surface area contributed by atoms with Gasteiger partial charge in [0.1, 0.15) is 13.2 Å². The third kappa shape index (κ3) is 19.3. The topological polar surface area (TPSA) is 61.8 Å². The van der Waals surface area contributed by atoms with Crippen LogP contribution < -0.4 is 0 Å². The minimum Gasteiger partial charge on any atom is -0.379 e. The Balaban J connectivity index is 0. The van der Waals surface area contributed by atoms with E-state index in [0.29, 0.717) is 19.1 Å². The Kier molecular flexibility index (Phi) is 16.7. The first kappa shape index (κ1) is 25.5. The van der Waals surface area contributed by atoms with Gasteiger partial charge in [0, 0.05) is 18.4 Å². The molecule has 0 aliphatic rings. The molecule has 0 aliphatic carbocycles. The highest BCUT2D eigenvalue weighted by atomic mass is 16.5. The average Bonchev–Trinajstić information content (AvgIpc) is 2.47. The van der Waals surface area contributed by atoms with Gasteiger partial charge in [-0.3, -0.25) is 9.59 Å². The van der Waals surface area contributed by atoms with E-state index in [1.54, 1.807) is 0 Å². The number of ether oxygens (including phenoxy) is 3. The molecule has 0 fully saturated rings. The zero-order chi connectivity index (χ0) is 19.1. The van der Waals surface area contributed by atoms with E-state index in [9.17, 15) is 9.59 Å².